The molecule has 0 radical (unpaired) electrons. The minimum Gasteiger partial charge on any atom is -0.423 e. The number of nitrogens with zero attached hydrogens (tertiary/aromatic N) is 3. The maximum atomic E-state index is 12.2. The van der Waals surface area contributed by atoms with Gasteiger partial charge in [0.05, 0.1) is 19.1 Å². The Hall–Kier alpha value is -2.15. The Morgan fingerprint density at radius 1 is 1.50 bits per heavy atom. The van der Waals surface area contributed by atoms with E-state index >= 15 is 0 Å². The zero-order valence-corrected chi connectivity index (χ0v) is 12.8. The Bertz CT molecular complexity index is 636. The van der Waals surface area contributed by atoms with Gasteiger partial charge in [0.2, 0.25) is 11.8 Å². The van der Waals surface area contributed by atoms with Crippen molar-refractivity contribution in [1.82, 2.24) is 20.1 Å². The standard InChI is InChI=1S/C15H20N4O3/c1-10-5-6-19(2)13(10)14(20)16-8-12-17-18-15(22-12)11-4-3-7-21-9-11/h5-6,11H,3-4,7-9H2,1-2H3,(H,16,20). The quantitative estimate of drug-likeness (QED) is 0.926. The van der Waals surface area contributed by atoms with Crippen LogP contribution < -0.4 is 5.32 Å². The molecule has 3 heterocycles. The van der Waals surface area contributed by atoms with Gasteiger partial charge < -0.3 is 19.0 Å². The van der Waals surface area contributed by atoms with Crippen molar-refractivity contribution in [2.75, 3.05) is 13.2 Å². The molecule has 2 aromatic rings. The van der Waals surface area contributed by atoms with Crippen molar-refractivity contribution in [1.29, 1.82) is 0 Å². The van der Waals surface area contributed by atoms with Crippen LogP contribution in [0.25, 0.3) is 0 Å². The van der Waals surface area contributed by atoms with E-state index in [0.29, 0.717) is 24.1 Å². The number of aryl methyl sites for hydroxylation is 2. The molecule has 1 atom stereocenters. The van der Waals surface area contributed by atoms with Gasteiger partial charge in [-0.15, -0.1) is 10.2 Å². The Balaban J connectivity index is 1.60. The maximum Gasteiger partial charge on any atom is 0.268 e. The first-order valence-corrected chi connectivity index (χ1v) is 7.45. The molecule has 22 heavy (non-hydrogen) atoms. The minimum atomic E-state index is -0.147. The van der Waals surface area contributed by atoms with E-state index in [4.69, 9.17) is 9.15 Å². The molecule has 1 N–H and O–H groups in total. The summed E-state index contributed by atoms with van der Waals surface area (Å²) in [7, 11) is 1.84. The molecule has 1 amide bonds. The van der Waals surface area contributed by atoms with Crippen LogP contribution in [0.3, 0.4) is 0 Å². The summed E-state index contributed by atoms with van der Waals surface area (Å²) in [5.74, 6) is 1.03. The van der Waals surface area contributed by atoms with E-state index in [-0.39, 0.29) is 18.4 Å². The normalized spacial score (nSPS) is 18.4. The van der Waals surface area contributed by atoms with Crippen molar-refractivity contribution in [3.05, 3.63) is 35.3 Å². The van der Waals surface area contributed by atoms with Crippen LogP contribution >= 0.6 is 0 Å². The second-order valence-corrected chi connectivity index (χ2v) is 5.59. The summed E-state index contributed by atoms with van der Waals surface area (Å²) in [5.41, 5.74) is 1.57. The lowest BCUT2D eigenvalue weighted by Crippen LogP contribution is -2.25. The number of amides is 1. The number of hydrogen-bond acceptors (Lipinski definition) is 5. The summed E-state index contributed by atoms with van der Waals surface area (Å²) in [5, 5.41) is 10.9. The number of hydrogen-bond donors (Lipinski definition) is 1. The summed E-state index contributed by atoms with van der Waals surface area (Å²) in [6.07, 6.45) is 3.86. The van der Waals surface area contributed by atoms with Crippen LogP contribution in [0.5, 0.6) is 0 Å². The van der Waals surface area contributed by atoms with Crippen molar-refractivity contribution in [3.8, 4) is 0 Å². The van der Waals surface area contributed by atoms with Crippen molar-refractivity contribution in [2.24, 2.45) is 7.05 Å². The lowest BCUT2D eigenvalue weighted by atomic mass is 10.0. The fourth-order valence-corrected chi connectivity index (χ4v) is 2.67. The third-order valence-corrected chi connectivity index (χ3v) is 3.88. The fraction of sp³-hybridized carbons (Fsp3) is 0.533. The van der Waals surface area contributed by atoms with Crippen LogP contribution in [0, 0.1) is 6.92 Å². The highest BCUT2D eigenvalue weighted by Gasteiger charge is 2.22. The summed E-state index contributed by atoms with van der Waals surface area (Å²) in [6.45, 7) is 3.55. The van der Waals surface area contributed by atoms with Gasteiger partial charge >= 0.3 is 0 Å². The second kappa shape index (κ2) is 6.31. The smallest absolute Gasteiger partial charge is 0.268 e. The summed E-state index contributed by atoms with van der Waals surface area (Å²) >= 11 is 0. The SMILES string of the molecule is Cc1ccn(C)c1C(=O)NCc1nnc(C2CCCOC2)o1. The van der Waals surface area contributed by atoms with Gasteiger partial charge in [0.25, 0.3) is 5.91 Å². The molecule has 1 aliphatic heterocycles. The molecule has 118 valence electrons. The minimum absolute atomic E-state index is 0.147. The van der Waals surface area contributed by atoms with E-state index < -0.39 is 0 Å². The van der Waals surface area contributed by atoms with Gasteiger partial charge in [0.15, 0.2) is 0 Å². The predicted octanol–water partition coefficient (Wildman–Crippen LogP) is 1.54. The van der Waals surface area contributed by atoms with Gasteiger partial charge in [-0.25, -0.2) is 0 Å². The van der Waals surface area contributed by atoms with Crippen molar-refractivity contribution in [2.45, 2.75) is 32.2 Å². The third kappa shape index (κ3) is 3.04. The Kier molecular flexibility index (Phi) is 4.24. The monoisotopic (exact) mass is 304 g/mol. The average Bonchev–Trinajstić information content (AvgIpc) is 3.13. The molecule has 0 bridgehead atoms. The Morgan fingerprint density at radius 3 is 3.05 bits per heavy atom. The highest BCUT2D eigenvalue weighted by atomic mass is 16.5. The first kappa shape index (κ1) is 14.8. The molecular weight excluding hydrogens is 284 g/mol. The van der Waals surface area contributed by atoms with Crippen LogP contribution in [0.2, 0.25) is 0 Å². The lowest BCUT2D eigenvalue weighted by Gasteiger charge is -2.18. The van der Waals surface area contributed by atoms with E-state index in [2.05, 4.69) is 15.5 Å². The molecule has 1 saturated heterocycles. The van der Waals surface area contributed by atoms with Gasteiger partial charge in [-0.3, -0.25) is 4.79 Å². The summed E-state index contributed by atoms with van der Waals surface area (Å²) < 4.78 is 12.8. The Morgan fingerprint density at radius 2 is 2.36 bits per heavy atom. The predicted molar refractivity (Wildman–Crippen MR) is 78.4 cm³/mol. The molecule has 0 saturated carbocycles. The molecular formula is C15H20N4O3. The number of aromatic nitrogens is 3. The number of nitrogens with one attached hydrogen (secondary N) is 1. The van der Waals surface area contributed by atoms with Gasteiger partial charge in [0, 0.05) is 19.9 Å². The van der Waals surface area contributed by atoms with Crippen LogP contribution in [0.4, 0.5) is 0 Å². The number of rotatable bonds is 4. The van der Waals surface area contributed by atoms with Gasteiger partial charge in [-0.2, -0.15) is 0 Å². The van der Waals surface area contributed by atoms with Gasteiger partial charge in [-0.05, 0) is 31.4 Å². The Labute approximate surface area is 128 Å². The van der Waals surface area contributed by atoms with Crippen LogP contribution in [-0.4, -0.2) is 33.9 Å². The van der Waals surface area contributed by atoms with Crippen LogP contribution in [0.15, 0.2) is 16.7 Å². The summed E-state index contributed by atoms with van der Waals surface area (Å²) in [4.78, 5) is 12.2. The van der Waals surface area contributed by atoms with E-state index in [1.807, 2.05) is 26.2 Å². The van der Waals surface area contributed by atoms with Gasteiger partial charge in [-0.1, -0.05) is 0 Å². The highest BCUT2D eigenvalue weighted by molar-refractivity contribution is 5.94. The molecule has 1 unspecified atom stereocenters. The topological polar surface area (TPSA) is 82.2 Å². The molecule has 0 aromatic carbocycles. The zero-order chi connectivity index (χ0) is 15.5. The van der Waals surface area contributed by atoms with Crippen molar-refractivity contribution < 1.29 is 13.9 Å². The third-order valence-electron chi connectivity index (χ3n) is 3.88. The van der Waals surface area contributed by atoms with E-state index in [1.54, 1.807) is 4.57 Å². The first-order chi connectivity index (χ1) is 10.6. The average molecular weight is 304 g/mol. The zero-order valence-electron chi connectivity index (χ0n) is 12.8. The number of ether oxygens (including phenoxy) is 1. The molecule has 2 aromatic heterocycles. The molecule has 0 aliphatic carbocycles. The molecule has 7 heteroatoms. The van der Waals surface area contributed by atoms with E-state index in [9.17, 15) is 4.79 Å². The first-order valence-electron chi connectivity index (χ1n) is 7.45. The van der Waals surface area contributed by atoms with Crippen LogP contribution in [0.1, 0.15) is 46.6 Å². The molecule has 0 spiro atoms. The maximum absolute atomic E-state index is 12.2. The number of carbonyl (C=O) groups is 1. The van der Waals surface area contributed by atoms with Crippen molar-refractivity contribution >= 4 is 5.91 Å². The van der Waals surface area contributed by atoms with E-state index in [1.165, 1.54) is 0 Å². The largest absolute Gasteiger partial charge is 0.423 e. The molecule has 7 nitrogen and oxygen atoms in total. The second-order valence-electron chi connectivity index (χ2n) is 5.59. The van der Waals surface area contributed by atoms with Crippen LogP contribution in [-0.2, 0) is 18.3 Å². The van der Waals surface area contributed by atoms with E-state index in [0.717, 1.165) is 25.0 Å². The highest BCUT2D eigenvalue weighted by Crippen LogP contribution is 2.24. The fourth-order valence-electron chi connectivity index (χ4n) is 2.67. The summed E-state index contributed by atoms with van der Waals surface area (Å²) in [6, 6.07) is 1.91. The van der Waals surface area contributed by atoms with Crippen molar-refractivity contribution in [3.63, 3.8) is 0 Å². The van der Waals surface area contributed by atoms with Gasteiger partial charge in [0.1, 0.15) is 5.69 Å². The molecule has 3 rings (SSSR count). The lowest BCUT2D eigenvalue weighted by molar-refractivity contribution is 0.0720. The molecule has 1 aliphatic rings. The molecule has 1 fully saturated rings. The number of carbonyl (C=O) groups excluding carboxylic acids is 1.